The number of thiophene rings is 2. The third-order valence-corrected chi connectivity index (χ3v) is 18.8. The van der Waals surface area contributed by atoms with Crippen molar-refractivity contribution in [3.63, 3.8) is 0 Å². The van der Waals surface area contributed by atoms with Crippen LogP contribution in [0.3, 0.4) is 0 Å². The molecular weight excluding hydrogens is 885 g/mol. The molecule has 0 amide bonds. The van der Waals surface area contributed by atoms with Gasteiger partial charge in [-0.1, -0.05) is 215 Å². The predicted molar refractivity (Wildman–Crippen MR) is 306 cm³/mol. The largest absolute Gasteiger partial charge is 0.243 e. The van der Waals surface area contributed by atoms with Gasteiger partial charge >= 0.3 is 0 Å². The van der Waals surface area contributed by atoms with Gasteiger partial charge in [0.2, 0.25) is 0 Å². The molecule has 3 aromatic heterocycles. The highest BCUT2D eigenvalue weighted by Gasteiger charge is 2.44. The predicted octanol–water partition coefficient (Wildman–Crippen LogP) is 21.0. The van der Waals surface area contributed by atoms with Crippen molar-refractivity contribution in [2.24, 2.45) is 0 Å². The zero-order valence-electron chi connectivity index (χ0n) is 42.4. The third kappa shape index (κ3) is 8.14. The van der Waals surface area contributed by atoms with Crippen molar-refractivity contribution in [2.75, 3.05) is 0 Å². The molecule has 0 bridgehead atoms. The summed E-state index contributed by atoms with van der Waals surface area (Å²) in [5, 5.41) is 6.92. The van der Waals surface area contributed by atoms with Crippen LogP contribution >= 0.6 is 22.7 Å². The molecule has 0 spiro atoms. The van der Waals surface area contributed by atoms with Gasteiger partial charge in [0, 0.05) is 32.7 Å². The summed E-state index contributed by atoms with van der Waals surface area (Å²) < 4.78 is 2.64. The molecule has 9 aromatic rings. The number of fused-ring (bicyclic) bond motifs is 13. The van der Waals surface area contributed by atoms with E-state index < -0.39 is 0 Å². The van der Waals surface area contributed by atoms with Crippen molar-refractivity contribution in [1.29, 1.82) is 0 Å². The minimum Gasteiger partial charge on any atom is -0.243 e. The maximum atomic E-state index is 5.88. The summed E-state index contributed by atoms with van der Waals surface area (Å²) in [6, 6.07) is 43.1. The number of hydrogen-bond acceptors (Lipinski definition) is 4. The molecule has 0 fully saturated rings. The fourth-order valence-electron chi connectivity index (χ4n) is 13.3. The van der Waals surface area contributed by atoms with Gasteiger partial charge in [0.15, 0.2) is 0 Å². The van der Waals surface area contributed by atoms with Crippen LogP contribution in [-0.4, -0.2) is 9.97 Å². The van der Waals surface area contributed by atoms with Crippen LogP contribution in [0.4, 0.5) is 0 Å². The van der Waals surface area contributed by atoms with E-state index in [2.05, 4.69) is 148 Å². The van der Waals surface area contributed by atoms with Gasteiger partial charge in [0.25, 0.3) is 0 Å². The summed E-state index contributed by atoms with van der Waals surface area (Å²) in [5.41, 5.74) is 20.8. The Morgan fingerprint density at radius 1 is 0.343 bits per heavy atom. The number of aromatic nitrogens is 2. The van der Waals surface area contributed by atoms with Gasteiger partial charge in [0.05, 0.1) is 31.5 Å². The quantitative estimate of drug-likeness (QED) is 0.0500. The highest BCUT2D eigenvalue weighted by atomic mass is 32.1. The van der Waals surface area contributed by atoms with Crippen LogP contribution in [0.15, 0.2) is 120 Å². The van der Waals surface area contributed by atoms with E-state index in [0.717, 1.165) is 22.1 Å². The van der Waals surface area contributed by atoms with E-state index >= 15 is 0 Å². The van der Waals surface area contributed by atoms with Gasteiger partial charge in [-0.15, -0.1) is 22.7 Å². The standard InChI is InChI=1S/C66H72N2S2/c1-5-9-13-21-37-65(38-22-14-10-6-2)55-27-19-17-25-49(55)51-31-29-45(43-57(51)65)47-33-34-48(60-59(47)67-61-53-35-41-69-63(53)64-54(36-42-70-64)62(61)68-60)46-30-32-52-50-26-18-20-28-56(50)66(58(52)44-46,39-23-15-11-7-3)40-24-16-12-8-4/h17-20,25-36,41-44H,5-16,21-24,37-40H2,1-4H3. The zero-order valence-corrected chi connectivity index (χ0v) is 44.0. The Morgan fingerprint density at radius 2 is 0.700 bits per heavy atom. The fourth-order valence-corrected chi connectivity index (χ4v) is 15.3. The molecule has 0 saturated heterocycles. The third-order valence-electron chi connectivity index (χ3n) is 16.9. The van der Waals surface area contributed by atoms with E-state index in [4.69, 9.17) is 9.97 Å². The lowest BCUT2D eigenvalue weighted by Gasteiger charge is -2.33. The molecule has 2 nitrogen and oxygen atoms in total. The lowest BCUT2D eigenvalue weighted by molar-refractivity contribution is 0.401. The van der Waals surface area contributed by atoms with Crippen LogP contribution in [0.5, 0.6) is 0 Å². The monoisotopic (exact) mass is 957 g/mol. The average molecular weight is 957 g/mol. The van der Waals surface area contributed by atoms with Crippen LogP contribution in [0.25, 0.3) is 86.7 Å². The molecule has 0 saturated carbocycles. The first-order valence-corrected chi connectivity index (χ1v) is 29.3. The van der Waals surface area contributed by atoms with Gasteiger partial charge in [0.1, 0.15) is 0 Å². The summed E-state index contributed by atoms with van der Waals surface area (Å²) in [5.74, 6) is 0. The van der Waals surface area contributed by atoms with Crippen molar-refractivity contribution in [3.05, 3.63) is 142 Å². The van der Waals surface area contributed by atoms with Crippen LogP contribution in [0.2, 0.25) is 0 Å². The minimum absolute atomic E-state index is 0.00645. The molecule has 0 aliphatic heterocycles. The van der Waals surface area contributed by atoms with Gasteiger partial charge in [-0.2, -0.15) is 0 Å². The summed E-state index contributed by atoms with van der Waals surface area (Å²) >= 11 is 3.67. The van der Waals surface area contributed by atoms with Crippen molar-refractivity contribution >= 4 is 64.9 Å². The lowest BCUT2D eigenvalue weighted by Crippen LogP contribution is -2.25. The van der Waals surface area contributed by atoms with E-state index in [0.29, 0.717) is 0 Å². The number of unbranched alkanes of at least 4 members (excludes halogenated alkanes) is 12. The van der Waals surface area contributed by atoms with Crippen LogP contribution in [0.1, 0.15) is 178 Å². The molecule has 0 radical (unpaired) electrons. The SMILES string of the molecule is CCCCCCC1(CCCCCC)c2ccccc2-c2ccc(-c3ccc(-c4ccc5c(c4)C(CCCCCC)(CCCCCC)c4ccccc4-5)c4nc5c6ccsc6c6sccc6c5nc34)cc21. The van der Waals surface area contributed by atoms with E-state index in [1.165, 1.54) is 204 Å². The second-order valence-corrected chi connectivity index (χ2v) is 23.0. The van der Waals surface area contributed by atoms with Crippen molar-refractivity contribution in [3.8, 4) is 44.5 Å². The molecule has 2 aliphatic rings. The fraction of sp³-hybridized carbons (Fsp3) is 0.394. The summed E-state index contributed by atoms with van der Waals surface area (Å²) in [6.07, 6.45) is 25.2. The molecule has 3 heterocycles. The molecule has 11 rings (SSSR count). The number of rotatable bonds is 22. The van der Waals surface area contributed by atoms with Gasteiger partial charge in [-0.3, -0.25) is 0 Å². The normalized spacial score (nSPS) is 14.2. The highest BCUT2D eigenvalue weighted by Crippen LogP contribution is 2.57. The molecule has 0 unspecified atom stereocenters. The summed E-state index contributed by atoms with van der Waals surface area (Å²) in [7, 11) is 0. The van der Waals surface area contributed by atoms with Gasteiger partial charge in [-0.05, 0) is 116 Å². The van der Waals surface area contributed by atoms with Crippen molar-refractivity contribution in [2.45, 2.75) is 167 Å². The second kappa shape index (κ2) is 20.5. The van der Waals surface area contributed by atoms with Gasteiger partial charge < -0.3 is 0 Å². The second-order valence-electron chi connectivity index (χ2n) is 21.1. The molecule has 70 heavy (non-hydrogen) atoms. The first-order chi connectivity index (χ1) is 34.5. The Hall–Kier alpha value is -5.16. The number of nitrogens with zero attached hydrogens (tertiary/aromatic N) is 2. The summed E-state index contributed by atoms with van der Waals surface area (Å²) in [6.45, 7) is 9.34. The lowest BCUT2D eigenvalue weighted by atomic mass is 9.70. The maximum Gasteiger partial charge on any atom is 0.0988 e. The minimum atomic E-state index is 0.00645. The Morgan fingerprint density at radius 3 is 1.09 bits per heavy atom. The van der Waals surface area contributed by atoms with E-state index in [-0.39, 0.29) is 10.8 Å². The molecule has 358 valence electrons. The van der Waals surface area contributed by atoms with Crippen LogP contribution in [0, 0.1) is 0 Å². The Kier molecular flexibility index (Phi) is 13.8. The van der Waals surface area contributed by atoms with E-state index in [1.807, 2.05) is 22.7 Å². The number of benzene rings is 6. The van der Waals surface area contributed by atoms with Crippen molar-refractivity contribution < 1.29 is 0 Å². The van der Waals surface area contributed by atoms with E-state index in [1.54, 1.807) is 11.1 Å². The molecular formula is C66H72N2S2. The van der Waals surface area contributed by atoms with Crippen LogP contribution in [-0.2, 0) is 10.8 Å². The Labute approximate surface area is 426 Å². The molecule has 0 atom stereocenters. The molecule has 0 N–H and O–H groups in total. The first kappa shape index (κ1) is 47.2. The molecule has 2 aliphatic carbocycles. The van der Waals surface area contributed by atoms with Gasteiger partial charge in [-0.25, -0.2) is 9.97 Å². The Balaban J connectivity index is 1.12. The van der Waals surface area contributed by atoms with E-state index in [9.17, 15) is 0 Å². The smallest absolute Gasteiger partial charge is 0.0988 e. The average Bonchev–Trinajstić information content (AvgIpc) is 4.20. The first-order valence-electron chi connectivity index (χ1n) is 27.6. The summed E-state index contributed by atoms with van der Waals surface area (Å²) in [4.78, 5) is 11.8. The molecule has 4 heteroatoms. The van der Waals surface area contributed by atoms with Crippen LogP contribution < -0.4 is 0 Å². The topological polar surface area (TPSA) is 25.8 Å². The zero-order chi connectivity index (χ0) is 47.7. The highest BCUT2D eigenvalue weighted by molar-refractivity contribution is 7.25. The Bertz CT molecular complexity index is 3070. The number of hydrogen-bond donors (Lipinski definition) is 0. The maximum absolute atomic E-state index is 5.88. The van der Waals surface area contributed by atoms with Crippen molar-refractivity contribution in [1.82, 2.24) is 9.97 Å². The molecule has 6 aromatic carbocycles.